The average molecular weight is 1230 g/mol. The number of nitrogens with zero attached hydrogens (tertiary/aromatic N) is 9. The van der Waals surface area contributed by atoms with E-state index in [0.29, 0.717) is 87.4 Å². The van der Waals surface area contributed by atoms with Crippen molar-refractivity contribution in [1.29, 1.82) is 0 Å². The molecule has 4 N–H and O–H groups in total. The largest absolute Gasteiger partial charge is 0.494 e. The molecule has 0 atom stereocenters. The summed E-state index contributed by atoms with van der Waals surface area (Å²) in [5, 5.41) is 29.6. The van der Waals surface area contributed by atoms with Crippen LogP contribution in [0, 0.1) is 0 Å². The molecule has 2 aliphatic rings. The Morgan fingerprint density at radius 1 is 0.636 bits per heavy atom. The molecule has 20 heteroatoms. The van der Waals surface area contributed by atoms with Crippen LogP contribution in [-0.4, -0.2) is 143 Å². The quantitative estimate of drug-likeness (QED) is 0.0159. The Balaban J connectivity index is 0.000000227. The Morgan fingerprint density at radius 2 is 1.07 bits per heavy atom. The fourth-order valence-electron chi connectivity index (χ4n) is 11.8. The summed E-state index contributed by atoms with van der Waals surface area (Å²) in [5.74, 6) is 1.60. The number of aliphatic hydroxyl groups excluding tert-OH is 2. The van der Waals surface area contributed by atoms with Gasteiger partial charge in [0, 0.05) is 101 Å². The number of hydrogen-bond acceptors (Lipinski definition) is 16. The molecule has 8 aromatic rings. The number of nitrogens with two attached hydrogens (primary N) is 1. The zero-order valence-corrected chi connectivity index (χ0v) is 55.2. The number of ketones is 1. The third-order valence-corrected chi connectivity index (χ3v) is 20.8. The molecule has 0 bridgehead atoms. The first-order valence-electron chi connectivity index (χ1n) is 30.9. The first kappa shape index (κ1) is 65.4. The molecule has 468 valence electrons. The lowest BCUT2D eigenvalue weighted by Gasteiger charge is -2.38. The predicted molar refractivity (Wildman–Crippen MR) is 355 cm³/mol. The Morgan fingerprint density at radius 3 is 1.45 bits per heavy atom. The minimum Gasteiger partial charge on any atom is -0.494 e. The van der Waals surface area contributed by atoms with Gasteiger partial charge in [-0.15, -0.1) is 0 Å². The summed E-state index contributed by atoms with van der Waals surface area (Å²) in [7, 11) is 0.689. The number of aliphatic hydroxyl groups is 2. The van der Waals surface area contributed by atoms with Gasteiger partial charge in [0.25, 0.3) is 0 Å². The molecule has 2 saturated carbocycles. The van der Waals surface area contributed by atoms with Crippen LogP contribution in [0.4, 0.5) is 11.6 Å². The van der Waals surface area contributed by atoms with Crippen LogP contribution in [0.3, 0.4) is 0 Å². The van der Waals surface area contributed by atoms with E-state index < -0.39 is 27.3 Å². The number of aromatic nitrogens is 8. The number of anilines is 2. The number of carbonyl (C=O) groups excluding carboxylic acids is 1. The summed E-state index contributed by atoms with van der Waals surface area (Å²) in [6.45, 7) is 24.5. The van der Waals surface area contributed by atoms with E-state index in [9.17, 15) is 15.0 Å². The van der Waals surface area contributed by atoms with E-state index in [-0.39, 0.29) is 30.8 Å². The van der Waals surface area contributed by atoms with Gasteiger partial charge in [0.1, 0.15) is 30.9 Å². The Kier molecular flexibility index (Phi) is 21.3. The molecule has 6 heterocycles. The molecule has 6 aromatic heterocycles. The molecule has 2 fully saturated rings. The van der Waals surface area contributed by atoms with Crippen molar-refractivity contribution < 1.29 is 38.7 Å². The molecular weight excluding hydrogens is 1140 g/mol. The van der Waals surface area contributed by atoms with Gasteiger partial charge in [0.05, 0.1) is 77.3 Å². The molecule has 2 aromatic carbocycles. The number of hydrogen-bond donors (Lipinski definition) is 3. The molecule has 10 rings (SSSR count). The van der Waals surface area contributed by atoms with Crippen molar-refractivity contribution in [3.8, 4) is 44.8 Å². The number of rotatable bonds is 25. The number of nitrogen functional groups attached to an aromatic ring is 1. The summed E-state index contributed by atoms with van der Waals surface area (Å²) >= 11 is 0. The summed E-state index contributed by atoms with van der Waals surface area (Å²) < 4.78 is 34.0. The van der Waals surface area contributed by atoms with Gasteiger partial charge in [-0.2, -0.15) is 19.2 Å². The van der Waals surface area contributed by atoms with E-state index in [0.717, 1.165) is 105 Å². The van der Waals surface area contributed by atoms with Gasteiger partial charge < -0.3 is 44.5 Å². The zero-order valence-electron chi connectivity index (χ0n) is 53.2. The lowest BCUT2D eigenvalue weighted by Crippen LogP contribution is -2.39. The minimum absolute atomic E-state index is 0.0114. The smallest absolute Gasteiger partial charge is 0.165 e. The highest BCUT2D eigenvalue weighted by Crippen LogP contribution is 2.46. The molecule has 0 aliphatic heterocycles. The maximum Gasteiger partial charge on any atom is 0.165 e. The SMILES string of the molecule is C=C(OCC)c1c(C2CCC(CO)(OC)CC2)nc2c(-c3ccc(-c4ccccc4)nc3)cnn2c1N(COCC[Si](C)(C)C)COCC[Si](C)(C)C.COC1(CO)CCC(c2nc3c(-c4ccc(-c5ccccc5)nc4)cnn3c(N)c2C(C)=O)CC1. The van der Waals surface area contributed by atoms with Crippen molar-refractivity contribution >= 4 is 50.6 Å². The first-order chi connectivity index (χ1) is 42.2. The molecule has 0 radical (unpaired) electrons. The number of pyridine rings is 2. The van der Waals surface area contributed by atoms with Gasteiger partial charge in [-0.1, -0.05) is 119 Å². The van der Waals surface area contributed by atoms with Gasteiger partial charge >= 0.3 is 0 Å². The van der Waals surface area contributed by atoms with Crippen molar-refractivity contribution in [2.24, 2.45) is 0 Å². The Hall–Kier alpha value is -7.02. The minimum atomic E-state index is -1.32. The predicted octanol–water partition coefficient (Wildman–Crippen LogP) is 13.2. The summed E-state index contributed by atoms with van der Waals surface area (Å²) in [6, 6.07) is 30.4. The lowest BCUT2D eigenvalue weighted by molar-refractivity contribution is -0.0785. The van der Waals surface area contributed by atoms with Gasteiger partial charge in [-0.05, 0) is 89.4 Å². The number of carbonyl (C=O) groups is 1. The molecule has 2 aliphatic carbocycles. The van der Waals surface area contributed by atoms with Crippen molar-refractivity contribution in [3.63, 3.8) is 0 Å². The number of benzene rings is 2. The van der Waals surface area contributed by atoms with Crippen molar-refractivity contribution in [2.75, 3.05) is 71.3 Å². The van der Waals surface area contributed by atoms with Gasteiger partial charge in [0.2, 0.25) is 0 Å². The van der Waals surface area contributed by atoms with E-state index in [1.165, 1.54) is 11.4 Å². The normalized spacial score (nSPS) is 18.9. The highest BCUT2D eigenvalue weighted by Gasteiger charge is 2.40. The first-order valence-corrected chi connectivity index (χ1v) is 38.3. The van der Waals surface area contributed by atoms with Crippen LogP contribution < -0.4 is 10.6 Å². The molecule has 88 heavy (non-hydrogen) atoms. The Labute approximate surface area is 520 Å². The van der Waals surface area contributed by atoms with E-state index in [1.807, 2.05) is 96.8 Å². The molecule has 18 nitrogen and oxygen atoms in total. The molecule has 0 saturated heterocycles. The fourth-order valence-corrected chi connectivity index (χ4v) is 13.3. The van der Waals surface area contributed by atoms with Gasteiger partial charge in [-0.3, -0.25) is 14.8 Å². The maximum absolute atomic E-state index is 12.6. The topological polar surface area (TPSA) is 219 Å². The number of Topliss-reactive ketones (excluding diaryl/α,β-unsaturated/α-hetero) is 1. The van der Waals surface area contributed by atoms with Crippen molar-refractivity contribution in [1.82, 2.24) is 39.2 Å². The maximum atomic E-state index is 12.6. The van der Waals surface area contributed by atoms with Crippen LogP contribution in [0.1, 0.15) is 104 Å². The van der Waals surface area contributed by atoms with Crippen LogP contribution in [0.25, 0.3) is 61.8 Å². The molecule has 0 spiro atoms. The van der Waals surface area contributed by atoms with Crippen molar-refractivity contribution in [2.45, 2.75) is 140 Å². The van der Waals surface area contributed by atoms with Crippen LogP contribution in [0.15, 0.2) is 116 Å². The lowest BCUT2D eigenvalue weighted by atomic mass is 9.76. The van der Waals surface area contributed by atoms with Crippen LogP contribution >= 0.6 is 0 Å². The zero-order chi connectivity index (χ0) is 62.8. The second-order valence-electron chi connectivity index (χ2n) is 25.9. The number of ether oxygens (including phenoxy) is 5. The number of methoxy groups -OCH3 is 2. The molecule has 0 unspecified atom stereocenters. The highest BCUT2D eigenvalue weighted by atomic mass is 28.3. The van der Waals surface area contributed by atoms with Crippen LogP contribution in [-0.2, 0) is 23.7 Å². The van der Waals surface area contributed by atoms with Crippen LogP contribution in [0.2, 0.25) is 51.4 Å². The fraction of sp³-hybridized carbons (Fsp3) is 0.456. The molecule has 0 amide bonds. The van der Waals surface area contributed by atoms with E-state index in [4.69, 9.17) is 49.5 Å². The summed E-state index contributed by atoms with van der Waals surface area (Å²) in [6.07, 6.45) is 13.2. The third kappa shape index (κ3) is 15.2. The monoisotopic (exact) mass is 1230 g/mol. The van der Waals surface area contributed by atoms with Crippen molar-refractivity contribution in [3.05, 3.63) is 139 Å². The molecular formula is C68H90N10O8Si2. The summed E-state index contributed by atoms with van der Waals surface area (Å²) in [5.41, 5.74) is 16.9. The second kappa shape index (κ2) is 28.6. The van der Waals surface area contributed by atoms with E-state index in [1.54, 1.807) is 20.4 Å². The number of fused-ring (bicyclic) bond motifs is 2. The third-order valence-electron chi connectivity index (χ3n) is 17.4. The Bertz CT molecular complexity index is 3580. The second-order valence-corrected chi connectivity index (χ2v) is 37.2. The summed E-state index contributed by atoms with van der Waals surface area (Å²) in [4.78, 5) is 34.7. The van der Waals surface area contributed by atoms with E-state index >= 15 is 0 Å². The average Bonchev–Trinajstić information content (AvgIpc) is 2.01. The van der Waals surface area contributed by atoms with Gasteiger partial charge in [0.15, 0.2) is 17.1 Å². The standard InChI is InChI=1S/C41H61N5O5Si2.C27H29N5O3/c1-10-51-31(2)37-38(33-18-20-41(28-47,48-3)21-19-33)44-39-35(34-16-17-36(42-26-34)32-14-12-11-13-15-32)27-43-46(39)40(37)45(29-49-22-24-52(4,5)6)30-50-23-25-53(7,8)9;1-17(34)23-24(19-10-12-27(16-33,35-2)13-11-19)31-26-21(15-30-32(26)25(23)28)20-8-9-22(29-14-20)18-6-4-3-5-7-18/h11-17,26-27,33,47H,2,10,18-25,28-30H2,1,3-9H3;3-9,14-15,19,33H,10-13,16,28H2,1-2H3. The highest BCUT2D eigenvalue weighted by molar-refractivity contribution is 6.76. The van der Waals surface area contributed by atoms with E-state index in [2.05, 4.69) is 79.0 Å². The van der Waals surface area contributed by atoms with Gasteiger partial charge in [-0.25, -0.2) is 9.97 Å². The van der Waals surface area contributed by atoms with Crippen LogP contribution in [0.5, 0.6) is 0 Å².